The van der Waals surface area contributed by atoms with Crippen LogP contribution in [0.15, 0.2) is 0 Å². The molecule has 0 spiro atoms. The van der Waals surface area contributed by atoms with Crippen LogP contribution in [0.4, 0.5) is 0 Å². The molecular formula is C18H36O3. The summed E-state index contributed by atoms with van der Waals surface area (Å²) in [6.45, 7) is 15.0. The van der Waals surface area contributed by atoms with Gasteiger partial charge in [-0.05, 0) is 47.0 Å². The van der Waals surface area contributed by atoms with Crippen LogP contribution in [-0.2, 0) is 14.3 Å². The number of methoxy groups -OCH3 is 1. The second-order valence-electron chi connectivity index (χ2n) is 8.20. The van der Waals surface area contributed by atoms with Crippen LogP contribution in [0.3, 0.4) is 0 Å². The number of hydrogen-bond acceptors (Lipinski definition) is 3. The highest BCUT2D eigenvalue weighted by molar-refractivity contribution is 5.83. The van der Waals surface area contributed by atoms with Crippen LogP contribution >= 0.6 is 0 Å². The normalized spacial score (nSPS) is 13.5. The zero-order valence-electron chi connectivity index (χ0n) is 15.5. The van der Waals surface area contributed by atoms with Crippen LogP contribution in [0.1, 0.15) is 80.6 Å². The molecule has 0 aromatic rings. The van der Waals surface area contributed by atoms with Gasteiger partial charge in [0, 0.05) is 18.9 Å². The van der Waals surface area contributed by atoms with E-state index >= 15 is 0 Å². The first-order valence-corrected chi connectivity index (χ1v) is 8.12. The summed E-state index contributed by atoms with van der Waals surface area (Å²) >= 11 is 0. The maximum absolute atomic E-state index is 11.9. The standard InChI is InChI=1S/C18H36O3/c1-16(2,3)15(19)11-9-10-12-18(6,7)21-14-13-17(4,5)20-8/h9-14H2,1-8H3. The van der Waals surface area contributed by atoms with Gasteiger partial charge in [0.2, 0.25) is 0 Å². The van der Waals surface area contributed by atoms with E-state index in [1.165, 1.54) is 0 Å². The summed E-state index contributed by atoms with van der Waals surface area (Å²) in [5.74, 6) is 0.350. The van der Waals surface area contributed by atoms with Gasteiger partial charge in [-0.1, -0.05) is 27.2 Å². The first-order valence-electron chi connectivity index (χ1n) is 8.12. The second kappa shape index (κ2) is 8.28. The molecule has 0 rings (SSSR count). The molecule has 3 nitrogen and oxygen atoms in total. The molecule has 0 saturated heterocycles. The number of carbonyl (C=O) groups excluding carboxylic acids is 1. The van der Waals surface area contributed by atoms with Gasteiger partial charge in [-0.2, -0.15) is 0 Å². The summed E-state index contributed by atoms with van der Waals surface area (Å²) in [7, 11) is 1.73. The predicted octanol–water partition coefficient (Wildman–Crippen LogP) is 4.77. The fourth-order valence-corrected chi connectivity index (χ4v) is 1.96. The Hall–Kier alpha value is -0.410. The summed E-state index contributed by atoms with van der Waals surface area (Å²) in [5, 5.41) is 0. The van der Waals surface area contributed by atoms with E-state index in [2.05, 4.69) is 27.7 Å². The zero-order chi connectivity index (χ0) is 16.7. The van der Waals surface area contributed by atoms with Crippen LogP contribution in [0.2, 0.25) is 0 Å². The zero-order valence-corrected chi connectivity index (χ0v) is 15.5. The van der Waals surface area contributed by atoms with Crippen LogP contribution in [0, 0.1) is 5.41 Å². The Morgan fingerprint density at radius 2 is 1.43 bits per heavy atom. The highest BCUT2D eigenvalue weighted by Crippen LogP contribution is 2.23. The fraction of sp³-hybridized carbons (Fsp3) is 0.944. The summed E-state index contributed by atoms with van der Waals surface area (Å²) in [5.41, 5.74) is -0.471. The van der Waals surface area contributed by atoms with Crippen molar-refractivity contribution in [3.05, 3.63) is 0 Å². The molecule has 0 heterocycles. The van der Waals surface area contributed by atoms with Gasteiger partial charge in [-0.3, -0.25) is 4.79 Å². The molecule has 0 aromatic heterocycles. The summed E-state index contributed by atoms with van der Waals surface area (Å²) < 4.78 is 11.4. The third kappa shape index (κ3) is 10.0. The molecule has 126 valence electrons. The summed E-state index contributed by atoms with van der Waals surface area (Å²) in [4.78, 5) is 11.9. The molecule has 0 radical (unpaired) electrons. The van der Waals surface area contributed by atoms with E-state index in [1.54, 1.807) is 7.11 Å². The van der Waals surface area contributed by atoms with E-state index in [0.29, 0.717) is 18.8 Å². The molecule has 0 bridgehead atoms. The minimum atomic E-state index is -0.211. The van der Waals surface area contributed by atoms with E-state index in [9.17, 15) is 4.79 Å². The number of Topliss-reactive ketones (excluding diaryl/α,β-unsaturated/α-hetero) is 1. The molecule has 0 amide bonds. The molecule has 0 fully saturated rings. The molecule has 3 heteroatoms. The number of unbranched alkanes of at least 4 members (excludes halogenated alkanes) is 1. The summed E-state index contributed by atoms with van der Waals surface area (Å²) in [6, 6.07) is 0. The van der Waals surface area contributed by atoms with Crippen molar-refractivity contribution in [2.75, 3.05) is 13.7 Å². The number of ketones is 1. The average molecular weight is 300 g/mol. The number of carbonyl (C=O) groups is 1. The van der Waals surface area contributed by atoms with E-state index < -0.39 is 0 Å². The molecule has 21 heavy (non-hydrogen) atoms. The first kappa shape index (κ1) is 20.6. The lowest BCUT2D eigenvalue weighted by Gasteiger charge is -2.29. The molecular weight excluding hydrogens is 264 g/mol. The van der Waals surface area contributed by atoms with Gasteiger partial charge in [-0.15, -0.1) is 0 Å². The highest BCUT2D eigenvalue weighted by atomic mass is 16.5. The van der Waals surface area contributed by atoms with Crippen molar-refractivity contribution < 1.29 is 14.3 Å². The molecule has 0 atom stereocenters. The van der Waals surface area contributed by atoms with E-state index in [0.717, 1.165) is 25.7 Å². The molecule has 0 aliphatic carbocycles. The lowest BCUT2D eigenvalue weighted by Crippen LogP contribution is -2.30. The fourth-order valence-electron chi connectivity index (χ4n) is 1.96. The Kier molecular flexibility index (Phi) is 8.12. The molecule has 0 saturated carbocycles. The molecule has 0 unspecified atom stereocenters. The van der Waals surface area contributed by atoms with Gasteiger partial charge in [0.05, 0.1) is 17.8 Å². The van der Waals surface area contributed by atoms with E-state index in [4.69, 9.17) is 9.47 Å². The van der Waals surface area contributed by atoms with Gasteiger partial charge in [0.25, 0.3) is 0 Å². The maximum Gasteiger partial charge on any atom is 0.138 e. The number of rotatable bonds is 10. The Labute approximate surface area is 131 Å². The van der Waals surface area contributed by atoms with Crippen molar-refractivity contribution in [3.8, 4) is 0 Å². The van der Waals surface area contributed by atoms with E-state index in [-0.39, 0.29) is 16.6 Å². The second-order valence-corrected chi connectivity index (χ2v) is 8.20. The lowest BCUT2D eigenvalue weighted by atomic mass is 9.87. The van der Waals surface area contributed by atoms with Crippen molar-refractivity contribution >= 4 is 5.78 Å². The molecule has 0 aliphatic rings. The smallest absolute Gasteiger partial charge is 0.138 e. The van der Waals surface area contributed by atoms with Gasteiger partial charge >= 0.3 is 0 Å². The van der Waals surface area contributed by atoms with Crippen molar-refractivity contribution in [1.29, 1.82) is 0 Å². The third-order valence-electron chi connectivity index (χ3n) is 4.02. The van der Waals surface area contributed by atoms with Crippen LogP contribution < -0.4 is 0 Å². The topological polar surface area (TPSA) is 35.5 Å². The van der Waals surface area contributed by atoms with Gasteiger partial charge < -0.3 is 9.47 Å². The van der Waals surface area contributed by atoms with Crippen molar-refractivity contribution in [1.82, 2.24) is 0 Å². The first-order chi connectivity index (χ1) is 9.40. The lowest BCUT2D eigenvalue weighted by molar-refractivity contribution is -0.126. The van der Waals surface area contributed by atoms with Gasteiger partial charge in [0.15, 0.2) is 0 Å². The SMILES string of the molecule is COC(C)(C)CCOC(C)(C)CCCCC(=O)C(C)(C)C. The Morgan fingerprint density at radius 1 is 0.857 bits per heavy atom. The van der Waals surface area contributed by atoms with Crippen molar-refractivity contribution in [3.63, 3.8) is 0 Å². The quantitative estimate of drug-likeness (QED) is 0.545. The Bertz CT molecular complexity index is 311. The summed E-state index contributed by atoms with van der Waals surface area (Å²) in [6.07, 6.45) is 4.53. The molecule has 0 N–H and O–H groups in total. The van der Waals surface area contributed by atoms with E-state index in [1.807, 2.05) is 20.8 Å². The predicted molar refractivity (Wildman–Crippen MR) is 88.7 cm³/mol. The maximum atomic E-state index is 11.9. The third-order valence-corrected chi connectivity index (χ3v) is 4.02. The van der Waals surface area contributed by atoms with Crippen LogP contribution in [0.5, 0.6) is 0 Å². The number of ether oxygens (including phenoxy) is 2. The largest absolute Gasteiger partial charge is 0.379 e. The number of hydrogen-bond donors (Lipinski definition) is 0. The highest BCUT2D eigenvalue weighted by Gasteiger charge is 2.23. The Morgan fingerprint density at radius 3 is 1.90 bits per heavy atom. The minimum Gasteiger partial charge on any atom is -0.379 e. The monoisotopic (exact) mass is 300 g/mol. The van der Waals surface area contributed by atoms with Crippen molar-refractivity contribution in [2.45, 2.75) is 91.8 Å². The Balaban J connectivity index is 3.91. The van der Waals surface area contributed by atoms with Gasteiger partial charge in [0.1, 0.15) is 5.78 Å². The van der Waals surface area contributed by atoms with Crippen LogP contribution in [0.25, 0.3) is 0 Å². The van der Waals surface area contributed by atoms with Crippen molar-refractivity contribution in [2.24, 2.45) is 5.41 Å². The van der Waals surface area contributed by atoms with Gasteiger partial charge in [-0.25, -0.2) is 0 Å². The molecule has 0 aliphatic heterocycles. The minimum absolute atomic E-state index is 0.130. The average Bonchev–Trinajstić information content (AvgIpc) is 2.32. The molecule has 0 aromatic carbocycles. The van der Waals surface area contributed by atoms with Crippen LogP contribution in [-0.4, -0.2) is 30.7 Å².